The Labute approximate surface area is 156 Å². The van der Waals surface area contributed by atoms with Gasteiger partial charge in [0.15, 0.2) is 5.15 Å². The van der Waals surface area contributed by atoms with Crippen LogP contribution in [-0.4, -0.2) is 35.6 Å². The molecular formula is C16H11Cl2N5O3. The van der Waals surface area contributed by atoms with Gasteiger partial charge in [0, 0.05) is 23.1 Å². The molecule has 3 aromatic rings. The molecule has 132 valence electrons. The van der Waals surface area contributed by atoms with E-state index >= 15 is 0 Å². The summed E-state index contributed by atoms with van der Waals surface area (Å²) in [5.41, 5.74) is 1.13. The zero-order chi connectivity index (χ0) is 18.4. The van der Waals surface area contributed by atoms with E-state index in [4.69, 9.17) is 23.2 Å². The van der Waals surface area contributed by atoms with Gasteiger partial charge in [0.2, 0.25) is 0 Å². The van der Waals surface area contributed by atoms with Crippen LogP contribution in [0.1, 0.15) is 18.3 Å². The van der Waals surface area contributed by atoms with Gasteiger partial charge in [-0.2, -0.15) is 0 Å². The normalized spacial score (nSPS) is 15.8. The Hall–Kier alpha value is -2.71. The van der Waals surface area contributed by atoms with E-state index in [9.17, 15) is 14.7 Å². The summed E-state index contributed by atoms with van der Waals surface area (Å²) in [6.07, 6.45) is 2.27. The van der Waals surface area contributed by atoms with Crippen LogP contribution < -0.4 is 5.56 Å². The Bertz CT molecular complexity index is 1090. The largest absolute Gasteiger partial charge is 0.480 e. The Kier molecular flexibility index (Phi) is 4.01. The summed E-state index contributed by atoms with van der Waals surface area (Å²) in [5.74, 6) is -0.608. The zero-order valence-corrected chi connectivity index (χ0v) is 14.6. The molecule has 10 heteroatoms. The van der Waals surface area contributed by atoms with Crippen molar-refractivity contribution >= 4 is 29.2 Å². The van der Waals surface area contributed by atoms with Gasteiger partial charge < -0.3 is 5.11 Å². The van der Waals surface area contributed by atoms with Crippen LogP contribution in [0.4, 0.5) is 0 Å². The molecule has 1 aromatic carbocycles. The summed E-state index contributed by atoms with van der Waals surface area (Å²) in [4.78, 5) is 28.3. The smallest absolute Gasteiger partial charge is 0.326 e. The lowest BCUT2D eigenvalue weighted by Crippen LogP contribution is -2.28. The fourth-order valence-electron chi connectivity index (χ4n) is 3.09. The topological polar surface area (TPSA) is 103 Å². The molecular weight excluding hydrogens is 381 g/mol. The van der Waals surface area contributed by atoms with Crippen LogP contribution in [0.15, 0.2) is 35.3 Å². The maximum atomic E-state index is 12.5. The predicted molar refractivity (Wildman–Crippen MR) is 93.9 cm³/mol. The zero-order valence-electron chi connectivity index (χ0n) is 13.1. The van der Waals surface area contributed by atoms with E-state index in [0.717, 1.165) is 0 Å². The van der Waals surface area contributed by atoms with E-state index in [1.807, 2.05) is 0 Å². The molecule has 0 spiro atoms. The molecule has 2 aromatic heterocycles. The van der Waals surface area contributed by atoms with Crippen molar-refractivity contribution in [1.82, 2.24) is 24.5 Å². The van der Waals surface area contributed by atoms with Crippen molar-refractivity contribution in [3.63, 3.8) is 0 Å². The lowest BCUT2D eigenvalue weighted by atomic mass is 10.1. The second-order valence-corrected chi connectivity index (χ2v) is 6.63. The van der Waals surface area contributed by atoms with Crippen molar-refractivity contribution < 1.29 is 9.90 Å². The second-order valence-electron chi connectivity index (χ2n) is 5.81. The third-order valence-electron chi connectivity index (χ3n) is 4.21. The molecule has 1 atom stereocenters. The number of hydrogen-bond donors (Lipinski definition) is 1. The van der Waals surface area contributed by atoms with Crippen LogP contribution >= 0.6 is 23.2 Å². The minimum atomic E-state index is -1.04. The molecule has 26 heavy (non-hydrogen) atoms. The minimum absolute atomic E-state index is 0.220. The number of aromatic nitrogens is 5. The minimum Gasteiger partial charge on any atom is -0.480 e. The lowest BCUT2D eigenvalue weighted by molar-refractivity contribution is -0.140. The fraction of sp³-hybridized carbons (Fsp3) is 0.188. The summed E-state index contributed by atoms with van der Waals surface area (Å²) in [7, 11) is 0. The molecule has 0 fully saturated rings. The van der Waals surface area contributed by atoms with Crippen LogP contribution in [0.25, 0.3) is 16.9 Å². The van der Waals surface area contributed by atoms with E-state index in [1.165, 1.54) is 21.5 Å². The van der Waals surface area contributed by atoms with E-state index in [0.29, 0.717) is 40.6 Å². The van der Waals surface area contributed by atoms with Gasteiger partial charge in [-0.3, -0.25) is 9.36 Å². The molecule has 0 saturated carbocycles. The number of benzene rings is 1. The average molecular weight is 392 g/mol. The van der Waals surface area contributed by atoms with Crippen LogP contribution in [0, 0.1) is 0 Å². The third kappa shape index (κ3) is 2.77. The van der Waals surface area contributed by atoms with Crippen LogP contribution in [0.5, 0.6) is 0 Å². The van der Waals surface area contributed by atoms with Gasteiger partial charge in [-0.1, -0.05) is 28.4 Å². The SMILES string of the molecule is O=C(O)C1CCc2nc(-c3cc(Cl)ccc3-n3cc(Cl)nn3)cc(=O)n21. The average Bonchev–Trinajstić information content (AvgIpc) is 3.21. The van der Waals surface area contributed by atoms with Gasteiger partial charge >= 0.3 is 5.97 Å². The molecule has 0 radical (unpaired) electrons. The van der Waals surface area contributed by atoms with Gasteiger partial charge in [-0.15, -0.1) is 5.10 Å². The number of hydrogen-bond acceptors (Lipinski definition) is 5. The number of fused-ring (bicyclic) bond motifs is 1. The molecule has 0 amide bonds. The maximum absolute atomic E-state index is 12.5. The number of carboxylic acid groups (broad SMARTS) is 1. The fourth-order valence-corrected chi connectivity index (χ4v) is 3.39. The van der Waals surface area contributed by atoms with Crippen molar-refractivity contribution in [3.8, 4) is 16.9 Å². The van der Waals surface area contributed by atoms with Gasteiger partial charge in [-0.25, -0.2) is 14.5 Å². The number of aliphatic carboxylic acids is 1. The highest BCUT2D eigenvalue weighted by molar-refractivity contribution is 6.31. The van der Waals surface area contributed by atoms with Crippen molar-refractivity contribution in [2.45, 2.75) is 18.9 Å². The molecule has 4 rings (SSSR count). The Morgan fingerprint density at radius 3 is 2.77 bits per heavy atom. The molecule has 1 aliphatic heterocycles. The van der Waals surface area contributed by atoms with Gasteiger partial charge in [0.25, 0.3) is 5.56 Å². The van der Waals surface area contributed by atoms with Crippen molar-refractivity contribution in [1.29, 1.82) is 0 Å². The maximum Gasteiger partial charge on any atom is 0.326 e. The van der Waals surface area contributed by atoms with Crippen molar-refractivity contribution in [2.75, 3.05) is 0 Å². The first-order valence-corrected chi connectivity index (χ1v) is 8.43. The summed E-state index contributed by atoms with van der Waals surface area (Å²) >= 11 is 12.0. The Morgan fingerprint density at radius 2 is 2.08 bits per heavy atom. The number of aryl methyl sites for hydroxylation is 1. The predicted octanol–water partition coefficient (Wildman–Crippen LogP) is 2.37. The number of carbonyl (C=O) groups is 1. The first kappa shape index (κ1) is 16.7. The van der Waals surface area contributed by atoms with E-state index < -0.39 is 17.6 Å². The van der Waals surface area contributed by atoms with E-state index in [2.05, 4.69) is 15.3 Å². The monoisotopic (exact) mass is 391 g/mol. The van der Waals surface area contributed by atoms with Crippen molar-refractivity contribution in [2.24, 2.45) is 0 Å². The van der Waals surface area contributed by atoms with Crippen LogP contribution in [0.2, 0.25) is 10.2 Å². The summed E-state index contributed by atoms with van der Waals surface area (Å²) < 4.78 is 2.68. The third-order valence-corrected chi connectivity index (χ3v) is 4.62. The number of halogens is 2. The van der Waals surface area contributed by atoms with Gasteiger partial charge in [-0.05, 0) is 24.6 Å². The molecule has 0 bridgehead atoms. The Morgan fingerprint density at radius 1 is 1.27 bits per heavy atom. The molecule has 1 aliphatic rings. The van der Waals surface area contributed by atoms with Gasteiger partial charge in [0.1, 0.15) is 11.9 Å². The van der Waals surface area contributed by atoms with Crippen LogP contribution in [-0.2, 0) is 11.2 Å². The quantitative estimate of drug-likeness (QED) is 0.734. The highest BCUT2D eigenvalue weighted by Gasteiger charge is 2.30. The molecule has 3 heterocycles. The molecule has 1 unspecified atom stereocenters. The standard InChI is InChI=1S/C16H11Cl2N5O3/c17-8-1-2-11(22-7-13(18)20-21-22)9(5-8)10-6-15(24)23-12(16(25)26)3-4-14(23)19-10/h1-2,5-7,12H,3-4H2,(H,25,26). The van der Waals surface area contributed by atoms with E-state index in [-0.39, 0.29) is 5.15 Å². The first-order valence-electron chi connectivity index (χ1n) is 7.67. The van der Waals surface area contributed by atoms with Crippen LogP contribution in [0.3, 0.4) is 0 Å². The Balaban J connectivity index is 1.90. The van der Waals surface area contributed by atoms with E-state index in [1.54, 1.807) is 18.2 Å². The number of carboxylic acids is 1. The number of nitrogens with zero attached hydrogens (tertiary/aromatic N) is 5. The molecule has 8 nitrogen and oxygen atoms in total. The van der Waals surface area contributed by atoms with Crippen molar-refractivity contribution in [3.05, 3.63) is 56.8 Å². The second kappa shape index (κ2) is 6.22. The lowest BCUT2D eigenvalue weighted by Gasteiger charge is -2.12. The first-order chi connectivity index (χ1) is 12.4. The molecule has 0 saturated heterocycles. The summed E-state index contributed by atoms with van der Waals surface area (Å²) in [6.45, 7) is 0. The highest BCUT2D eigenvalue weighted by atomic mass is 35.5. The van der Waals surface area contributed by atoms with Gasteiger partial charge in [0.05, 0.1) is 17.6 Å². The molecule has 0 aliphatic carbocycles. The molecule has 1 N–H and O–H groups in total. The highest BCUT2D eigenvalue weighted by Crippen LogP contribution is 2.30. The summed E-state index contributed by atoms with van der Waals surface area (Å²) in [5, 5.41) is 17.6. The summed E-state index contributed by atoms with van der Waals surface area (Å²) in [6, 6.07) is 5.48. The number of rotatable bonds is 3.